The first-order valence-electron chi connectivity index (χ1n) is 7.24. The van der Waals surface area contributed by atoms with E-state index in [0.29, 0.717) is 17.5 Å². The summed E-state index contributed by atoms with van der Waals surface area (Å²) in [6, 6.07) is 11.7. The lowest BCUT2D eigenvalue weighted by atomic mass is 10.2. The van der Waals surface area contributed by atoms with E-state index in [2.05, 4.69) is 10.3 Å². The fourth-order valence-corrected chi connectivity index (χ4v) is 2.95. The van der Waals surface area contributed by atoms with Crippen molar-refractivity contribution in [3.63, 3.8) is 0 Å². The summed E-state index contributed by atoms with van der Waals surface area (Å²) >= 11 is 7.08. The standard InChI is InChI=1S/C17H14ClFN2O2S/c1-10(18)16(22)21-17-20-14-7-6-13(8-15(14)24-17)23-9-11-2-4-12(19)5-3-11/h2-8,10H,9H2,1H3,(H,20,21,22). The molecule has 7 heteroatoms. The molecule has 4 nitrogen and oxygen atoms in total. The van der Waals surface area contributed by atoms with E-state index in [1.54, 1.807) is 25.1 Å². The molecule has 0 saturated carbocycles. The third-order valence-corrected chi connectivity index (χ3v) is 4.40. The van der Waals surface area contributed by atoms with Crippen molar-refractivity contribution in [2.24, 2.45) is 0 Å². The maximum Gasteiger partial charge on any atom is 0.243 e. The molecule has 0 spiro atoms. The quantitative estimate of drug-likeness (QED) is 0.674. The Labute approximate surface area is 147 Å². The Balaban J connectivity index is 1.71. The molecule has 1 heterocycles. The highest BCUT2D eigenvalue weighted by Crippen LogP contribution is 2.29. The second-order valence-corrected chi connectivity index (χ2v) is 6.85. The van der Waals surface area contributed by atoms with E-state index in [-0.39, 0.29) is 11.7 Å². The SMILES string of the molecule is CC(Cl)C(=O)Nc1nc2ccc(OCc3ccc(F)cc3)cc2s1. The summed E-state index contributed by atoms with van der Waals surface area (Å²) in [4.78, 5) is 15.9. The van der Waals surface area contributed by atoms with Gasteiger partial charge in [-0.15, -0.1) is 11.6 Å². The third kappa shape index (κ3) is 4.01. The van der Waals surface area contributed by atoms with Crippen LogP contribution in [-0.4, -0.2) is 16.3 Å². The summed E-state index contributed by atoms with van der Waals surface area (Å²) in [5, 5.41) is 2.55. The summed E-state index contributed by atoms with van der Waals surface area (Å²) in [7, 11) is 0. The summed E-state index contributed by atoms with van der Waals surface area (Å²) in [6.07, 6.45) is 0. The van der Waals surface area contributed by atoms with Crippen LogP contribution in [-0.2, 0) is 11.4 Å². The van der Waals surface area contributed by atoms with Gasteiger partial charge in [0.25, 0.3) is 0 Å². The van der Waals surface area contributed by atoms with Crippen LogP contribution in [0.2, 0.25) is 0 Å². The zero-order valence-electron chi connectivity index (χ0n) is 12.8. The molecule has 0 saturated heterocycles. The smallest absolute Gasteiger partial charge is 0.243 e. The van der Waals surface area contributed by atoms with Crippen molar-refractivity contribution >= 4 is 44.2 Å². The molecule has 0 bridgehead atoms. The lowest BCUT2D eigenvalue weighted by Crippen LogP contribution is -2.19. The van der Waals surface area contributed by atoms with E-state index < -0.39 is 5.38 Å². The van der Waals surface area contributed by atoms with Crippen molar-refractivity contribution in [1.82, 2.24) is 4.98 Å². The van der Waals surface area contributed by atoms with Gasteiger partial charge in [-0.1, -0.05) is 23.5 Å². The number of carbonyl (C=O) groups is 1. The second-order valence-electron chi connectivity index (χ2n) is 5.17. The number of ether oxygens (including phenoxy) is 1. The molecule has 24 heavy (non-hydrogen) atoms. The topological polar surface area (TPSA) is 51.2 Å². The highest BCUT2D eigenvalue weighted by molar-refractivity contribution is 7.22. The Kier molecular flexibility index (Phi) is 4.97. The number of fused-ring (bicyclic) bond motifs is 1. The summed E-state index contributed by atoms with van der Waals surface area (Å²) < 4.78 is 19.5. The number of hydrogen-bond donors (Lipinski definition) is 1. The number of carbonyl (C=O) groups excluding carboxylic acids is 1. The van der Waals surface area contributed by atoms with Gasteiger partial charge in [0, 0.05) is 0 Å². The molecule has 0 aliphatic carbocycles. The van der Waals surface area contributed by atoms with Gasteiger partial charge in [-0.25, -0.2) is 9.37 Å². The first-order chi connectivity index (χ1) is 11.5. The van der Waals surface area contributed by atoms with Crippen LogP contribution in [0.3, 0.4) is 0 Å². The number of amides is 1. The van der Waals surface area contributed by atoms with Gasteiger partial charge in [-0.3, -0.25) is 4.79 Å². The number of nitrogens with zero attached hydrogens (tertiary/aromatic N) is 1. The van der Waals surface area contributed by atoms with E-state index in [9.17, 15) is 9.18 Å². The predicted octanol–water partition coefficient (Wildman–Crippen LogP) is 4.58. The molecular weight excluding hydrogens is 351 g/mol. The monoisotopic (exact) mass is 364 g/mol. The van der Waals surface area contributed by atoms with Gasteiger partial charge in [-0.2, -0.15) is 0 Å². The number of benzene rings is 2. The maximum absolute atomic E-state index is 12.9. The van der Waals surface area contributed by atoms with Crippen molar-refractivity contribution < 1.29 is 13.9 Å². The van der Waals surface area contributed by atoms with Crippen molar-refractivity contribution in [2.75, 3.05) is 5.32 Å². The van der Waals surface area contributed by atoms with Crippen LogP contribution in [0.4, 0.5) is 9.52 Å². The van der Waals surface area contributed by atoms with Crippen LogP contribution in [0.25, 0.3) is 10.2 Å². The molecule has 1 unspecified atom stereocenters. The molecule has 0 aliphatic rings. The number of nitrogens with one attached hydrogen (secondary N) is 1. The molecule has 1 N–H and O–H groups in total. The number of anilines is 1. The zero-order chi connectivity index (χ0) is 17.1. The molecule has 1 amide bonds. The van der Waals surface area contributed by atoms with Gasteiger partial charge in [0.05, 0.1) is 10.2 Å². The number of hydrogen-bond acceptors (Lipinski definition) is 4. The fraction of sp³-hybridized carbons (Fsp3) is 0.176. The predicted molar refractivity (Wildman–Crippen MR) is 94.3 cm³/mol. The van der Waals surface area contributed by atoms with Gasteiger partial charge in [0.15, 0.2) is 5.13 Å². The van der Waals surface area contributed by atoms with E-state index in [1.165, 1.54) is 23.5 Å². The Hall–Kier alpha value is -2.18. The van der Waals surface area contributed by atoms with Crippen LogP contribution in [0, 0.1) is 5.82 Å². The Morgan fingerprint density at radius 1 is 1.33 bits per heavy atom. The third-order valence-electron chi connectivity index (χ3n) is 3.27. The summed E-state index contributed by atoms with van der Waals surface area (Å²) in [5.74, 6) is 0.119. The van der Waals surface area contributed by atoms with Crippen LogP contribution in [0.5, 0.6) is 5.75 Å². The van der Waals surface area contributed by atoms with Crippen molar-refractivity contribution in [3.8, 4) is 5.75 Å². The average Bonchev–Trinajstić information content (AvgIpc) is 2.95. The van der Waals surface area contributed by atoms with Crippen LogP contribution >= 0.6 is 22.9 Å². The first-order valence-corrected chi connectivity index (χ1v) is 8.49. The largest absolute Gasteiger partial charge is 0.489 e. The maximum atomic E-state index is 12.9. The average molecular weight is 365 g/mol. The van der Waals surface area contributed by atoms with E-state index in [1.807, 2.05) is 12.1 Å². The highest BCUT2D eigenvalue weighted by atomic mass is 35.5. The summed E-state index contributed by atoms with van der Waals surface area (Å²) in [6.45, 7) is 1.95. The minimum Gasteiger partial charge on any atom is -0.489 e. The number of rotatable bonds is 5. The van der Waals surface area contributed by atoms with Crippen molar-refractivity contribution in [3.05, 3.63) is 53.8 Å². The lowest BCUT2D eigenvalue weighted by Gasteiger charge is -2.06. The van der Waals surface area contributed by atoms with Crippen LogP contribution < -0.4 is 10.1 Å². The normalized spacial score (nSPS) is 12.1. The number of thiazole rings is 1. The molecule has 1 aromatic heterocycles. The minimum atomic E-state index is -0.619. The van der Waals surface area contributed by atoms with Crippen molar-refractivity contribution in [2.45, 2.75) is 18.9 Å². The number of halogens is 2. The van der Waals surface area contributed by atoms with Gasteiger partial charge >= 0.3 is 0 Å². The van der Waals surface area contributed by atoms with Gasteiger partial charge < -0.3 is 10.1 Å². The zero-order valence-corrected chi connectivity index (χ0v) is 14.3. The number of alkyl halides is 1. The molecule has 0 fully saturated rings. The number of aromatic nitrogens is 1. The molecule has 0 radical (unpaired) electrons. The summed E-state index contributed by atoms with van der Waals surface area (Å²) in [5.41, 5.74) is 1.65. The van der Waals surface area contributed by atoms with Crippen molar-refractivity contribution in [1.29, 1.82) is 0 Å². The second kappa shape index (κ2) is 7.15. The molecule has 124 valence electrons. The lowest BCUT2D eigenvalue weighted by molar-refractivity contribution is -0.115. The molecule has 0 aliphatic heterocycles. The minimum absolute atomic E-state index is 0.273. The van der Waals surface area contributed by atoms with Gasteiger partial charge in [0.1, 0.15) is 23.6 Å². The Morgan fingerprint density at radius 3 is 2.79 bits per heavy atom. The molecule has 2 aromatic carbocycles. The van der Waals surface area contributed by atoms with E-state index in [0.717, 1.165) is 15.8 Å². The molecule has 3 aromatic rings. The van der Waals surface area contributed by atoms with Gasteiger partial charge in [0.2, 0.25) is 5.91 Å². The molecular formula is C17H14ClFN2O2S. The van der Waals surface area contributed by atoms with Crippen LogP contribution in [0.15, 0.2) is 42.5 Å². The highest BCUT2D eigenvalue weighted by Gasteiger charge is 2.12. The molecule has 3 rings (SSSR count). The Bertz CT molecular complexity index is 865. The Morgan fingerprint density at radius 2 is 2.08 bits per heavy atom. The van der Waals surface area contributed by atoms with Gasteiger partial charge in [-0.05, 0) is 42.8 Å². The fourth-order valence-electron chi connectivity index (χ4n) is 2.00. The van der Waals surface area contributed by atoms with E-state index in [4.69, 9.17) is 16.3 Å². The van der Waals surface area contributed by atoms with E-state index >= 15 is 0 Å². The molecule has 1 atom stereocenters. The first kappa shape index (κ1) is 16.7. The van der Waals surface area contributed by atoms with Crippen LogP contribution in [0.1, 0.15) is 12.5 Å².